The molecule has 0 aliphatic rings. The zero-order valence-corrected chi connectivity index (χ0v) is 9.49. The topological polar surface area (TPSA) is 66.0 Å². The van der Waals surface area contributed by atoms with Crippen molar-refractivity contribution in [1.29, 1.82) is 0 Å². The highest BCUT2D eigenvalue weighted by Gasteiger charge is 2.12. The number of carboxylic acids is 1. The number of hydrogen-bond donors (Lipinski definition) is 2. The van der Waals surface area contributed by atoms with Crippen molar-refractivity contribution in [3.05, 3.63) is 40.8 Å². The standard InChI is InChI=1S/C12H8N2O2S/c15-12(16)9-4-8(10-5-17-6-14-10)3-7-1-2-13-11(7)9/h1-6,13H,(H,15,16). The fourth-order valence-electron chi connectivity index (χ4n) is 1.84. The van der Waals surface area contributed by atoms with E-state index in [2.05, 4.69) is 9.97 Å². The van der Waals surface area contributed by atoms with E-state index in [9.17, 15) is 9.90 Å². The number of benzene rings is 1. The second-order valence-corrected chi connectivity index (χ2v) is 4.36. The maximum atomic E-state index is 11.2. The van der Waals surface area contributed by atoms with Crippen LogP contribution < -0.4 is 0 Å². The first kappa shape index (κ1) is 10.0. The molecule has 0 saturated carbocycles. The summed E-state index contributed by atoms with van der Waals surface area (Å²) in [5, 5.41) is 12.0. The summed E-state index contributed by atoms with van der Waals surface area (Å²) in [5.74, 6) is -0.936. The lowest BCUT2D eigenvalue weighted by molar-refractivity contribution is 0.0699. The van der Waals surface area contributed by atoms with Gasteiger partial charge in [-0.1, -0.05) is 0 Å². The van der Waals surface area contributed by atoms with Crippen molar-refractivity contribution in [2.24, 2.45) is 0 Å². The first-order valence-corrected chi connectivity index (χ1v) is 5.93. The zero-order chi connectivity index (χ0) is 11.8. The van der Waals surface area contributed by atoms with E-state index < -0.39 is 5.97 Å². The van der Waals surface area contributed by atoms with Crippen LogP contribution in [0.25, 0.3) is 22.2 Å². The highest BCUT2D eigenvalue weighted by atomic mass is 32.1. The molecule has 0 aliphatic carbocycles. The molecule has 3 rings (SSSR count). The average Bonchev–Trinajstić information content (AvgIpc) is 2.98. The number of fused-ring (bicyclic) bond motifs is 1. The molecule has 0 fully saturated rings. The highest BCUT2D eigenvalue weighted by Crippen LogP contribution is 2.27. The molecule has 0 radical (unpaired) electrons. The molecule has 0 aliphatic heterocycles. The van der Waals surface area contributed by atoms with Gasteiger partial charge in [-0.05, 0) is 18.2 Å². The van der Waals surface area contributed by atoms with E-state index in [0.717, 1.165) is 16.6 Å². The Kier molecular flexibility index (Phi) is 2.19. The summed E-state index contributed by atoms with van der Waals surface area (Å²) < 4.78 is 0. The largest absolute Gasteiger partial charge is 0.478 e. The van der Waals surface area contributed by atoms with Gasteiger partial charge in [-0.3, -0.25) is 0 Å². The predicted octanol–water partition coefficient (Wildman–Crippen LogP) is 2.99. The Hall–Kier alpha value is -2.14. The van der Waals surface area contributed by atoms with Gasteiger partial charge in [-0.2, -0.15) is 0 Å². The Balaban J connectivity index is 2.31. The number of carbonyl (C=O) groups is 1. The molecular weight excluding hydrogens is 236 g/mol. The SMILES string of the molecule is O=C(O)c1cc(-c2cscn2)cc2cc[nH]c12. The molecule has 0 spiro atoms. The van der Waals surface area contributed by atoms with Crippen molar-refractivity contribution in [2.75, 3.05) is 0 Å². The van der Waals surface area contributed by atoms with Gasteiger partial charge in [0, 0.05) is 22.5 Å². The summed E-state index contributed by atoms with van der Waals surface area (Å²) in [6.07, 6.45) is 1.74. The van der Waals surface area contributed by atoms with E-state index in [0.29, 0.717) is 5.52 Å². The molecule has 2 N–H and O–H groups in total. The van der Waals surface area contributed by atoms with Gasteiger partial charge in [-0.15, -0.1) is 11.3 Å². The molecule has 84 valence electrons. The summed E-state index contributed by atoms with van der Waals surface area (Å²) in [6.45, 7) is 0. The third kappa shape index (κ3) is 1.60. The highest BCUT2D eigenvalue weighted by molar-refractivity contribution is 7.07. The second-order valence-electron chi connectivity index (χ2n) is 3.64. The van der Waals surface area contributed by atoms with Gasteiger partial charge >= 0.3 is 5.97 Å². The van der Waals surface area contributed by atoms with Crippen LogP contribution in [0.3, 0.4) is 0 Å². The van der Waals surface area contributed by atoms with Crippen LogP contribution in [0.2, 0.25) is 0 Å². The number of carboxylic acid groups (broad SMARTS) is 1. The van der Waals surface area contributed by atoms with Crippen molar-refractivity contribution >= 4 is 28.2 Å². The van der Waals surface area contributed by atoms with Gasteiger partial charge in [0.1, 0.15) is 0 Å². The quantitative estimate of drug-likeness (QED) is 0.728. The van der Waals surface area contributed by atoms with E-state index in [1.54, 1.807) is 17.8 Å². The lowest BCUT2D eigenvalue weighted by Gasteiger charge is -2.02. The number of nitrogens with zero attached hydrogens (tertiary/aromatic N) is 1. The lowest BCUT2D eigenvalue weighted by Crippen LogP contribution is -1.98. The Morgan fingerprint density at radius 2 is 2.29 bits per heavy atom. The number of nitrogens with one attached hydrogen (secondary N) is 1. The number of hydrogen-bond acceptors (Lipinski definition) is 3. The van der Waals surface area contributed by atoms with Crippen molar-refractivity contribution in [3.63, 3.8) is 0 Å². The van der Waals surface area contributed by atoms with E-state index in [1.165, 1.54) is 11.3 Å². The monoisotopic (exact) mass is 244 g/mol. The number of aromatic nitrogens is 2. The third-order valence-corrected chi connectivity index (χ3v) is 3.20. The third-order valence-electron chi connectivity index (χ3n) is 2.62. The molecule has 0 amide bonds. The molecule has 2 aromatic heterocycles. The summed E-state index contributed by atoms with van der Waals surface area (Å²) in [7, 11) is 0. The van der Waals surface area contributed by atoms with Crippen LogP contribution in [0.5, 0.6) is 0 Å². The van der Waals surface area contributed by atoms with Crippen LogP contribution in [0.1, 0.15) is 10.4 Å². The predicted molar refractivity (Wildman–Crippen MR) is 66.4 cm³/mol. The van der Waals surface area contributed by atoms with Crippen LogP contribution in [-0.4, -0.2) is 21.0 Å². The number of H-pyrrole nitrogens is 1. The molecule has 4 nitrogen and oxygen atoms in total. The summed E-state index contributed by atoms with van der Waals surface area (Å²) in [6, 6.07) is 5.45. The summed E-state index contributed by atoms with van der Waals surface area (Å²) >= 11 is 1.49. The van der Waals surface area contributed by atoms with Gasteiger partial charge < -0.3 is 10.1 Å². The zero-order valence-electron chi connectivity index (χ0n) is 8.68. The first-order chi connectivity index (χ1) is 8.25. The van der Waals surface area contributed by atoms with Crippen LogP contribution in [0.15, 0.2) is 35.3 Å². The molecule has 0 bridgehead atoms. The minimum Gasteiger partial charge on any atom is -0.478 e. The van der Waals surface area contributed by atoms with E-state index in [4.69, 9.17) is 0 Å². The fourth-order valence-corrected chi connectivity index (χ4v) is 2.40. The lowest BCUT2D eigenvalue weighted by atomic mass is 10.1. The van der Waals surface area contributed by atoms with Crippen molar-refractivity contribution < 1.29 is 9.90 Å². The van der Waals surface area contributed by atoms with Gasteiger partial charge in [0.15, 0.2) is 0 Å². The second kappa shape index (κ2) is 3.71. The Morgan fingerprint density at radius 1 is 1.41 bits per heavy atom. The van der Waals surface area contributed by atoms with Gasteiger partial charge in [0.25, 0.3) is 0 Å². The minimum atomic E-state index is -0.936. The Bertz CT molecular complexity index is 686. The van der Waals surface area contributed by atoms with Gasteiger partial charge in [0.05, 0.1) is 22.3 Å². The molecular formula is C12H8N2O2S. The average molecular weight is 244 g/mol. The number of aromatic amines is 1. The van der Waals surface area contributed by atoms with Crippen molar-refractivity contribution in [2.45, 2.75) is 0 Å². The number of aromatic carboxylic acids is 1. The number of rotatable bonds is 2. The minimum absolute atomic E-state index is 0.274. The van der Waals surface area contributed by atoms with E-state index in [1.807, 2.05) is 17.5 Å². The number of thiazole rings is 1. The molecule has 0 unspecified atom stereocenters. The Morgan fingerprint density at radius 3 is 3.00 bits per heavy atom. The normalized spacial score (nSPS) is 10.8. The van der Waals surface area contributed by atoms with Gasteiger partial charge in [-0.25, -0.2) is 9.78 Å². The maximum absolute atomic E-state index is 11.2. The van der Waals surface area contributed by atoms with E-state index in [-0.39, 0.29) is 5.56 Å². The van der Waals surface area contributed by atoms with Crippen molar-refractivity contribution in [1.82, 2.24) is 9.97 Å². The molecule has 2 heterocycles. The van der Waals surface area contributed by atoms with Crippen LogP contribution in [0.4, 0.5) is 0 Å². The fraction of sp³-hybridized carbons (Fsp3) is 0. The van der Waals surface area contributed by atoms with Gasteiger partial charge in [0.2, 0.25) is 0 Å². The first-order valence-electron chi connectivity index (χ1n) is 4.99. The van der Waals surface area contributed by atoms with Crippen molar-refractivity contribution in [3.8, 4) is 11.3 Å². The maximum Gasteiger partial charge on any atom is 0.337 e. The molecule has 3 aromatic rings. The van der Waals surface area contributed by atoms with E-state index >= 15 is 0 Å². The van der Waals surface area contributed by atoms with Crippen LogP contribution in [0, 0.1) is 0 Å². The smallest absolute Gasteiger partial charge is 0.337 e. The molecule has 0 saturated heterocycles. The molecule has 1 aromatic carbocycles. The molecule has 0 atom stereocenters. The Labute approximate surface area is 101 Å². The molecule has 5 heteroatoms. The summed E-state index contributed by atoms with van der Waals surface area (Å²) in [5.41, 5.74) is 4.29. The molecule has 17 heavy (non-hydrogen) atoms. The van der Waals surface area contributed by atoms with Crippen LogP contribution >= 0.6 is 11.3 Å². The van der Waals surface area contributed by atoms with Crippen LogP contribution in [-0.2, 0) is 0 Å². The summed E-state index contributed by atoms with van der Waals surface area (Å²) in [4.78, 5) is 18.3.